The second kappa shape index (κ2) is 7.61. The number of phosphoric acid groups is 1. The minimum absolute atomic E-state index is 0. The molecule has 0 bridgehead atoms. The summed E-state index contributed by atoms with van der Waals surface area (Å²) in [6.45, 7) is 0. The van der Waals surface area contributed by atoms with Gasteiger partial charge in [0.05, 0.1) is 0 Å². The van der Waals surface area contributed by atoms with Crippen molar-refractivity contribution in [1.29, 1.82) is 0 Å². The van der Waals surface area contributed by atoms with Gasteiger partial charge in [0.15, 0.2) is 0 Å². The van der Waals surface area contributed by atoms with E-state index in [1.807, 2.05) is 0 Å². The van der Waals surface area contributed by atoms with E-state index >= 15 is 0 Å². The van der Waals surface area contributed by atoms with Gasteiger partial charge in [0.1, 0.15) is 0 Å². The van der Waals surface area contributed by atoms with E-state index in [1.54, 1.807) is 0 Å². The largest absolute Gasteiger partial charge is 0.822 e. The molecule has 0 fully saturated rings. The summed E-state index contributed by atoms with van der Waals surface area (Å²) in [6, 6.07) is 0. The van der Waals surface area contributed by atoms with Gasteiger partial charge >= 0.3 is 0 Å². The van der Waals surface area contributed by atoms with Gasteiger partial charge in [-0.2, -0.15) is 7.82 Å². The Hall–Kier alpha value is 0.614. The molecule has 1 radical (unpaired) electrons. The molecule has 0 unspecified atom stereocenters. The van der Waals surface area contributed by atoms with Crippen LogP contribution in [0.4, 0.5) is 0 Å². The predicted octanol–water partition coefficient (Wildman–Crippen LogP) is -4.48. The van der Waals surface area contributed by atoms with Gasteiger partial charge in [-0.15, -0.1) is 0 Å². The summed E-state index contributed by atoms with van der Waals surface area (Å²) >= 11 is 0. The molecule has 0 aromatic heterocycles. The van der Waals surface area contributed by atoms with E-state index in [1.165, 1.54) is 0 Å². The molecule has 8 heavy (non-hydrogen) atoms. The van der Waals surface area contributed by atoms with Crippen LogP contribution in [0.15, 0.2) is 0 Å². The van der Waals surface area contributed by atoms with Gasteiger partial charge in [0.2, 0.25) is 0 Å². The Morgan fingerprint density at radius 1 is 1.00 bits per heavy atom. The number of hydrogen-bond donors (Lipinski definition) is 0. The predicted molar refractivity (Wildman–Crippen MR) is 14.8 cm³/mol. The van der Waals surface area contributed by atoms with Crippen LogP contribution in [-0.4, -0.2) is 11.0 Å². The summed E-state index contributed by atoms with van der Waals surface area (Å²) < 4.78 is 8.55. The van der Waals surface area contributed by atoms with Crippen LogP contribution < -0.4 is 14.7 Å². The first-order chi connectivity index (χ1) is 2.00. The van der Waals surface area contributed by atoms with Gasteiger partial charge < -0.3 is 30.2 Å². The third-order valence-electron chi connectivity index (χ3n) is 0. The molecule has 0 spiro atoms. The molecule has 53 valence electrons. The van der Waals surface area contributed by atoms with Crippen molar-refractivity contribution in [2.75, 3.05) is 0 Å². The summed E-state index contributed by atoms with van der Waals surface area (Å²) in [7, 11) is -5.39. The van der Waals surface area contributed by atoms with Crippen LogP contribution in [0.5, 0.6) is 0 Å². The SMILES string of the molecule is O.O.O=P([O-])([O-])[O-].[V]. The first-order valence-electron chi connectivity index (χ1n) is 0.730. The topological polar surface area (TPSA) is 149 Å². The smallest absolute Gasteiger partial charge is 0 e. The van der Waals surface area contributed by atoms with Crippen molar-refractivity contribution in [2.45, 2.75) is 0 Å². The van der Waals surface area contributed by atoms with Gasteiger partial charge in [-0.05, 0) is 0 Å². The van der Waals surface area contributed by atoms with E-state index in [0.717, 1.165) is 0 Å². The average molecular weight is 182 g/mol. The molecule has 0 heterocycles. The van der Waals surface area contributed by atoms with Crippen molar-refractivity contribution in [3.63, 3.8) is 0 Å². The molecule has 0 aliphatic heterocycles. The molecule has 0 amide bonds. The van der Waals surface area contributed by atoms with E-state index < -0.39 is 7.82 Å². The van der Waals surface area contributed by atoms with Crippen molar-refractivity contribution in [3.05, 3.63) is 0 Å². The third-order valence-corrected chi connectivity index (χ3v) is 0. The Morgan fingerprint density at radius 2 is 1.00 bits per heavy atom. The van der Waals surface area contributed by atoms with Gasteiger partial charge in [-0.1, -0.05) is 0 Å². The molecule has 0 aromatic carbocycles. The van der Waals surface area contributed by atoms with E-state index in [2.05, 4.69) is 0 Å². The average Bonchev–Trinajstić information content (AvgIpc) is 0.722. The Labute approximate surface area is 57.3 Å². The summed E-state index contributed by atoms with van der Waals surface area (Å²) in [4.78, 5) is 25.6. The van der Waals surface area contributed by atoms with Crippen LogP contribution in [0, 0.1) is 0 Å². The zero-order chi connectivity index (χ0) is 4.50. The molecule has 6 nitrogen and oxygen atoms in total. The number of rotatable bonds is 0. The fourth-order valence-corrected chi connectivity index (χ4v) is 0. The molecule has 0 saturated heterocycles. The monoisotopic (exact) mass is 182 g/mol. The van der Waals surface area contributed by atoms with Crippen molar-refractivity contribution in [3.8, 4) is 0 Å². The van der Waals surface area contributed by atoms with Crippen LogP contribution in [0.25, 0.3) is 0 Å². The molecule has 0 aliphatic carbocycles. The maximum absolute atomic E-state index is 8.55. The van der Waals surface area contributed by atoms with Crippen molar-refractivity contribution < 1.29 is 48.8 Å². The van der Waals surface area contributed by atoms with Gasteiger partial charge in [0.25, 0.3) is 0 Å². The van der Waals surface area contributed by atoms with Crippen LogP contribution in [0.2, 0.25) is 0 Å². The van der Waals surface area contributed by atoms with Crippen LogP contribution >= 0.6 is 7.82 Å². The van der Waals surface area contributed by atoms with Crippen LogP contribution in [0.1, 0.15) is 0 Å². The molecule has 8 heteroatoms. The van der Waals surface area contributed by atoms with Crippen LogP contribution in [-0.2, 0) is 23.1 Å². The first kappa shape index (κ1) is 23.5. The molecule has 0 rings (SSSR count). The van der Waals surface area contributed by atoms with Crippen molar-refractivity contribution in [1.82, 2.24) is 0 Å². The zero-order valence-corrected chi connectivity index (χ0v) is 5.82. The number of hydrogen-bond acceptors (Lipinski definition) is 4. The van der Waals surface area contributed by atoms with Gasteiger partial charge in [0, 0.05) is 18.6 Å². The molecule has 0 aromatic rings. The minimum atomic E-state index is -5.39. The van der Waals surface area contributed by atoms with Gasteiger partial charge in [-0.3, -0.25) is 0 Å². The molecule has 0 aliphatic rings. The fourth-order valence-electron chi connectivity index (χ4n) is 0. The Morgan fingerprint density at radius 3 is 1.00 bits per heavy atom. The van der Waals surface area contributed by atoms with E-state index in [4.69, 9.17) is 19.2 Å². The summed E-state index contributed by atoms with van der Waals surface area (Å²) in [6.07, 6.45) is 0. The third kappa shape index (κ3) is 552. The first-order valence-corrected chi connectivity index (χ1v) is 2.19. The standard InChI is InChI=1S/H3O4P.2H2O.V/c1-5(2,3)4;;;/h(H3,1,2,3,4);2*1H2;/p-3. The van der Waals surface area contributed by atoms with Gasteiger partial charge in [-0.25, -0.2) is 0 Å². The quantitative estimate of drug-likeness (QED) is 0.347. The Bertz CT molecular complexity index is 54.7. The summed E-state index contributed by atoms with van der Waals surface area (Å²) in [5.74, 6) is 0. The molecular weight excluding hydrogens is 178 g/mol. The Kier molecular flexibility index (Phi) is 22.3. The second-order valence-electron chi connectivity index (χ2n) is 0.447. The summed E-state index contributed by atoms with van der Waals surface area (Å²) in [5, 5.41) is 0. The molecule has 0 saturated carbocycles. The minimum Gasteiger partial charge on any atom is -0.822 e. The molecule has 4 N–H and O–H groups in total. The second-order valence-corrected chi connectivity index (χ2v) is 1.34. The maximum Gasteiger partial charge on any atom is 0 e. The zero-order valence-electron chi connectivity index (χ0n) is 3.53. The van der Waals surface area contributed by atoms with Crippen molar-refractivity contribution >= 4 is 7.82 Å². The Balaban J connectivity index is -0.0000000267. The molecular formula is H4O6PV-3. The van der Waals surface area contributed by atoms with E-state index in [-0.39, 0.29) is 29.5 Å². The van der Waals surface area contributed by atoms with E-state index in [9.17, 15) is 0 Å². The van der Waals surface area contributed by atoms with Crippen LogP contribution in [0.3, 0.4) is 0 Å². The van der Waals surface area contributed by atoms with E-state index in [0.29, 0.717) is 0 Å². The fraction of sp³-hybridized carbons (Fsp3) is 0. The normalized spacial score (nSPS) is 7.38. The summed E-state index contributed by atoms with van der Waals surface area (Å²) in [5.41, 5.74) is 0. The maximum atomic E-state index is 8.55. The van der Waals surface area contributed by atoms with Crippen molar-refractivity contribution in [2.24, 2.45) is 0 Å². The molecule has 0 atom stereocenters.